The number of hydrogen-bond donors (Lipinski definition) is 1. The molecule has 106 valence electrons. The van der Waals surface area contributed by atoms with Crippen LogP contribution in [0.5, 0.6) is 0 Å². The first-order valence-corrected chi connectivity index (χ1v) is 8.15. The molecule has 1 aromatic rings. The number of thiazole rings is 1. The van der Waals surface area contributed by atoms with Crippen LogP contribution in [0.4, 0.5) is 5.13 Å². The molecule has 0 bridgehead atoms. The molecule has 1 atom stereocenters. The van der Waals surface area contributed by atoms with E-state index in [0.717, 1.165) is 26.2 Å². The minimum atomic E-state index is 0.0758. The van der Waals surface area contributed by atoms with Gasteiger partial charge in [-0.15, -0.1) is 11.3 Å². The van der Waals surface area contributed by atoms with Crippen LogP contribution in [0.15, 0.2) is 11.6 Å². The van der Waals surface area contributed by atoms with E-state index in [1.807, 2.05) is 6.20 Å². The molecule has 0 amide bonds. The Morgan fingerprint density at radius 3 is 3.00 bits per heavy atom. The summed E-state index contributed by atoms with van der Waals surface area (Å²) in [4.78, 5) is 6.79. The van der Waals surface area contributed by atoms with Gasteiger partial charge >= 0.3 is 0 Å². The van der Waals surface area contributed by atoms with Gasteiger partial charge in [-0.2, -0.15) is 0 Å². The van der Waals surface area contributed by atoms with Crippen LogP contribution < -0.4 is 10.2 Å². The molecule has 4 nitrogen and oxygen atoms in total. The van der Waals surface area contributed by atoms with Crippen LogP contribution in [0.2, 0.25) is 0 Å². The summed E-state index contributed by atoms with van der Waals surface area (Å²) < 4.78 is 5.83. The van der Waals surface area contributed by atoms with E-state index < -0.39 is 0 Å². The van der Waals surface area contributed by atoms with Crippen LogP contribution in [-0.4, -0.2) is 42.9 Å². The molecule has 3 heterocycles. The van der Waals surface area contributed by atoms with Gasteiger partial charge in [0.05, 0.1) is 5.60 Å². The van der Waals surface area contributed by atoms with Crippen molar-refractivity contribution < 1.29 is 4.74 Å². The van der Waals surface area contributed by atoms with E-state index in [2.05, 4.69) is 27.5 Å². The fourth-order valence-electron chi connectivity index (χ4n) is 2.98. The third kappa shape index (κ3) is 3.27. The van der Waals surface area contributed by atoms with Crippen LogP contribution in [-0.2, 0) is 4.74 Å². The van der Waals surface area contributed by atoms with Gasteiger partial charge in [-0.25, -0.2) is 4.98 Å². The Balaban J connectivity index is 1.43. The lowest BCUT2D eigenvalue weighted by molar-refractivity contribution is 0.0181. The summed E-state index contributed by atoms with van der Waals surface area (Å²) in [7, 11) is 0. The van der Waals surface area contributed by atoms with Gasteiger partial charge in [0.25, 0.3) is 0 Å². The lowest BCUT2D eigenvalue weighted by Gasteiger charge is -2.34. The summed E-state index contributed by atoms with van der Waals surface area (Å²) in [5.74, 6) is 0. The number of rotatable bonds is 4. The first-order chi connectivity index (χ1) is 9.25. The van der Waals surface area contributed by atoms with Gasteiger partial charge in [-0.05, 0) is 32.6 Å². The minimum Gasteiger partial charge on any atom is -0.374 e. The van der Waals surface area contributed by atoms with Crippen molar-refractivity contribution in [2.24, 2.45) is 0 Å². The average molecular weight is 281 g/mol. The zero-order valence-electron chi connectivity index (χ0n) is 11.6. The topological polar surface area (TPSA) is 37.4 Å². The molecule has 0 spiro atoms. The molecule has 0 radical (unpaired) electrons. The molecule has 19 heavy (non-hydrogen) atoms. The Labute approximate surface area is 119 Å². The highest BCUT2D eigenvalue weighted by atomic mass is 32.1. The maximum Gasteiger partial charge on any atom is 0.185 e. The fourth-order valence-corrected chi connectivity index (χ4v) is 3.68. The molecule has 1 unspecified atom stereocenters. The van der Waals surface area contributed by atoms with Crippen molar-refractivity contribution in [1.29, 1.82) is 0 Å². The minimum absolute atomic E-state index is 0.0758. The Morgan fingerprint density at radius 1 is 1.53 bits per heavy atom. The number of aromatic nitrogens is 1. The van der Waals surface area contributed by atoms with Crippen LogP contribution >= 0.6 is 11.3 Å². The summed E-state index contributed by atoms with van der Waals surface area (Å²) in [5.41, 5.74) is 0.0758. The molecule has 0 aliphatic carbocycles. The summed E-state index contributed by atoms with van der Waals surface area (Å²) in [6, 6.07) is 0.636. The van der Waals surface area contributed by atoms with Crippen molar-refractivity contribution in [3.8, 4) is 0 Å². The number of nitrogens with zero attached hydrogens (tertiary/aromatic N) is 2. The molecule has 0 aromatic carbocycles. The number of nitrogens with one attached hydrogen (secondary N) is 1. The fraction of sp³-hybridized carbons (Fsp3) is 0.786. The van der Waals surface area contributed by atoms with Crippen molar-refractivity contribution in [2.75, 3.05) is 31.1 Å². The molecule has 2 saturated heterocycles. The molecule has 1 N–H and O–H groups in total. The lowest BCUT2D eigenvalue weighted by atomic mass is 10.0. The quantitative estimate of drug-likeness (QED) is 0.918. The van der Waals surface area contributed by atoms with Crippen molar-refractivity contribution in [1.82, 2.24) is 10.3 Å². The number of hydrogen-bond acceptors (Lipinski definition) is 5. The molecular formula is C14H23N3OS. The van der Waals surface area contributed by atoms with Crippen molar-refractivity contribution >= 4 is 16.5 Å². The van der Waals surface area contributed by atoms with E-state index in [9.17, 15) is 0 Å². The monoisotopic (exact) mass is 281 g/mol. The summed E-state index contributed by atoms with van der Waals surface area (Å²) in [6.07, 6.45) is 6.70. The van der Waals surface area contributed by atoms with Gasteiger partial charge in [0, 0.05) is 43.9 Å². The first kappa shape index (κ1) is 13.3. The van der Waals surface area contributed by atoms with Crippen LogP contribution in [0.3, 0.4) is 0 Å². The highest BCUT2D eigenvalue weighted by molar-refractivity contribution is 7.13. The molecule has 3 rings (SSSR count). The predicted octanol–water partition coefficient (Wildman–Crippen LogP) is 2.27. The summed E-state index contributed by atoms with van der Waals surface area (Å²) >= 11 is 1.74. The number of piperidine rings is 1. The Morgan fingerprint density at radius 2 is 2.37 bits per heavy atom. The SMILES string of the molecule is CC1(CNC2CCN(c3nccs3)CC2)CCCO1. The van der Waals surface area contributed by atoms with E-state index in [0.29, 0.717) is 6.04 Å². The maximum atomic E-state index is 5.83. The van der Waals surface area contributed by atoms with E-state index in [4.69, 9.17) is 4.74 Å². The average Bonchev–Trinajstić information content (AvgIpc) is 3.09. The van der Waals surface area contributed by atoms with Crippen molar-refractivity contribution in [2.45, 2.75) is 44.2 Å². The molecule has 2 aliphatic heterocycles. The predicted molar refractivity (Wildman–Crippen MR) is 78.9 cm³/mol. The normalized spacial score (nSPS) is 29.0. The van der Waals surface area contributed by atoms with Gasteiger partial charge in [-0.3, -0.25) is 0 Å². The molecular weight excluding hydrogens is 258 g/mol. The van der Waals surface area contributed by atoms with Gasteiger partial charge < -0.3 is 15.0 Å². The van der Waals surface area contributed by atoms with Gasteiger partial charge in [0.2, 0.25) is 0 Å². The van der Waals surface area contributed by atoms with Gasteiger partial charge in [0.15, 0.2) is 5.13 Å². The molecule has 2 fully saturated rings. The zero-order chi connectivity index (χ0) is 13.1. The molecule has 0 saturated carbocycles. The van der Waals surface area contributed by atoms with E-state index in [1.165, 1.54) is 30.8 Å². The number of ether oxygens (including phenoxy) is 1. The van der Waals surface area contributed by atoms with Gasteiger partial charge in [0.1, 0.15) is 0 Å². The third-order valence-electron chi connectivity index (χ3n) is 4.25. The smallest absolute Gasteiger partial charge is 0.185 e. The molecule has 1 aromatic heterocycles. The first-order valence-electron chi connectivity index (χ1n) is 7.27. The van der Waals surface area contributed by atoms with Gasteiger partial charge in [-0.1, -0.05) is 0 Å². The maximum absolute atomic E-state index is 5.83. The standard InChI is InChI=1S/C14H23N3OS/c1-14(5-2-9-18-14)11-16-12-3-7-17(8-4-12)13-15-6-10-19-13/h6,10,12,16H,2-5,7-9,11H2,1H3. The van der Waals surface area contributed by atoms with Crippen molar-refractivity contribution in [3.05, 3.63) is 11.6 Å². The Kier molecular flexibility index (Phi) is 4.05. The van der Waals surface area contributed by atoms with E-state index in [1.54, 1.807) is 11.3 Å². The molecule has 5 heteroatoms. The zero-order valence-corrected chi connectivity index (χ0v) is 12.4. The van der Waals surface area contributed by atoms with Crippen LogP contribution in [0.1, 0.15) is 32.6 Å². The highest BCUT2D eigenvalue weighted by Crippen LogP contribution is 2.25. The molecule has 2 aliphatic rings. The van der Waals surface area contributed by atoms with E-state index >= 15 is 0 Å². The summed E-state index contributed by atoms with van der Waals surface area (Å²) in [5, 5.41) is 6.93. The Bertz CT molecular complexity index is 381. The highest BCUT2D eigenvalue weighted by Gasteiger charge is 2.30. The van der Waals surface area contributed by atoms with Crippen LogP contribution in [0, 0.1) is 0 Å². The van der Waals surface area contributed by atoms with E-state index in [-0.39, 0.29) is 5.60 Å². The van der Waals surface area contributed by atoms with Crippen molar-refractivity contribution in [3.63, 3.8) is 0 Å². The second-order valence-electron chi connectivity index (χ2n) is 5.86. The summed E-state index contributed by atoms with van der Waals surface area (Å²) in [6.45, 7) is 6.39. The number of anilines is 1. The largest absolute Gasteiger partial charge is 0.374 e. The van der Waals surface area contributed by atoms with Crippen LogP contribution in [0.25, 0.3) is 0 Å². The lowest BCUT2D eigenvalue weighted by Crippen LogP contribution is -2.47. The third-order valence-corrected chi connectivity index (χ3v) is 5.08. The second-order valence-corrected chi connectivity index (χ2v) is 6.73. The Hall–Kier alpha value is -0.650. The second kappa shape index (κ2) is 5.77.